The van der Waals surface area contributed by atoms with Crippen LogP contribution in [0.4, 0.5) is 5.95 Å². The summed E-state index contributed by atoms with van der Waals surface area (Å²) >= 11 is 0. The normalized spacial score (nSPS) is 20.4. The highest BCUT2D eigenvalue weighted by Gasteiger charge is 2.51. The highest BCUT2D eigenvalue weighted by Crippen LogP contribution is 2.48. The molecule has 1 aliphatic heterocycles. The Hall–Kier alpha value is -2.96. The third-order valence-corrected chi connectivity index (χ3v) is 5.52. The fourth-order valence-electron chi connectivity index (χ4n) is 3.82. The Bertz CT molecular complexity index is 926. The van der Waals surface area contributed by atoms with Gasteiger partial charge in [0.05, 0.1) is 24.3 Å². The van der Waals surface area contributed by atoms with Crippen LogP contribution in [-0.4, -0.2) is 30.2 Å². The zero-order chi connectivity index (χ0) is 17.6. The fourth-order valence-corrected chi connectivity index (χ4v) is 3.82. The molecular formula is C19H20N6O. The summed E-state index contributed by atoms with van der Waals surface area (Å²) in [6.45, 7) is 0.748. The Morgan fingerprint density at radius 2 is 2.08 bits per heavy atom. The molecule has 2 aliphatic rings. The van der Waals surface area contributed by atoms with Crippen LogP contribution in [0.5, 0.6) is 0 Å². The molecule has 1 saturated carbocycles. The molecule has 1 unspecified atom stereocenters. The average molecular weight is 348 g/mol. The number of rotatable bonds is 4. The van der Waals surface area contributed by atoms with E-state index in [-0.39, 0.29) is 5.91 Å². The van der Waals surface area contributed by atoms with Crippen LogP contribution in [0.3, 0.4) is 0 Å². The van der Waals surface area contributed by atoms with Gasteiger partial charge >= 0.3 is 0 Å². The van der Waals surface area contributed by atoms with Crippen molar-refractivity contribution in [1.82, 2.24) is 24.3 Å². The van der Waals surface area contributed by atoms with Crippen LogP contribution in [0, 0.1) is 0 Å². The van der Waals surface area contributed by atoms with Gasteiger partial charge in [-0.05, 0) is 24.8 Å². The van der Waals surface area contributed by atoms with E-state index in [0.717, 1.165) is 43.6 Å². The Kier molecular flexibility index (Phi) is 3.41. The maximum absolute atomic E-state index is 12.8. The Labute approximate surface area is 151 Å². The van der Waals surface area contributed by atoms with Crippen molar-refractivity contribution in [2.45, 2.75) is 43.7 Å². The molecule has 5 rings (SSSR count). The minimum absolute atomic E-state index is 0.00203. The number of amides is 1. The summed E-state index contributed by atoms with van der Waals surface area (Å²) in [5, 5.41) is 7.47. The molecule has 1 N–H and O–H groups in total. The molecule has 3 heterocycles. The number of anilines is 1. The van der Waals surface area contributed by atoms with Gasteiger partial charge in [-0.1, -0.05) is 30.3 Å². The maximum atomic E-state index is 12.8. The number of nitrogens with one attached hydrogen (secondary N) is 1. The number of aromatic nitrogens is 5. The molecular weight excluding hydrogens is 328 g/mol. The van der Waals surface area contributed by atoms with Gasteiger partial charge < -0.3 is 4.57 Å². The topological polar surface area (TPSA) is 77.6 Å². The molecule has 1 aromatic carbocycles. The van der Waals surface area contributed by atoms with Gasteiger partial charge in [0, 0.05) is 18.8 Å². The van der Waals surface area contributed by atoms with Crippen molar-refractivity contribution < 1.29 is 4.79 Å². The standard InChI is InChI=1S/C19H20N6O/c26-17(19(8-9-19)14-4-2-1-3-5-14)22-18-21-16-7-6-15(12-25(16)23-18)24-11-10-20-13-24/h1-5,10-11,13,15H,6-9,12H2,(H,22,23,26). The van der Waals surface area contributed by atoms with E-state index >= 15 is 0 Å². The Balaban J connectivity index is 1.33. The maximum Gasteiger partial charge on any atom is 0.249 e. The smallest absolute Gasteiger partial charge is 0.249 e. The first kappa shape index (κ1) is 15.3. The van der Waals surface area contributed by atoms with E-state index in [1.165, 1.54) is 0 Å². The van der Waals surface area contributed by atoms with E-state index in [4.69, 9.17) is 0 Å². The first-order valence-electron chi connectivity index (χ1n) is 9.03. The molecule has 7 heteroatoms. The SMILES string of the molecule is O=C(Nc1nc2n(n1)CC(n1ccnc1)CC2)C1(c2ccccc2)CC1. The third-order valence-electron chi connectivity index (χ3n) is 5.52. The van der Waals surface area contributed by atoms with Gasteiger partial charge in [0.2, 0.25) is 11.9 Å². The van der Waals surface area contributed by atoms with Gasteiger partial charge in [0.1, 0.15) is 5.82 Å². The molecule has 1 fully saturated rings. The third kappa shape index (κ3) is 2.51. The van der Waals surface area contributed by atoms with Gasteiger partial charge in [0.15, 0.2) is 0 Å². The molecule has 1 atom stereocenters. The number of aryl methyl sites for hydroxylation is 1. The van der Waals surface area contributed by atoms with Crippen molar-refractivity contribution >= 4 is 11.9 Å². The van der Waals surface area contributed by atoms with Crippen molar-refractivity contribution in [2.75, 3.05) is 5.32 Å². The number of carbonyl (C=O) groups excluding carboxylic acids is 1. The molecule has 2 aromatic heterocycles. The summed E-state index contributed by atoms with van der Waals surface area (Å²) in [6, 6.07) is 10.3. The molecule has 1 amide bonds. The Morgan fingerprint density at radius 1 is 1.23 bits per heavy atom. The summed E-state index contributed by atoms with van der Waals surface area (Å²) in [5.41, 5.74) is 0.661. The molecule has 1 aliphatic carbocycles. The first-order valence-corrected chi connectivity index (χ1v) is 9.03. The lowest BCUT2D eigenvalue weighted by atomic mass is 9.95. The zero-order valence-corrected chi connectivity index (χ0v) is 14.4. The fraction of sp³-hybridized carbons (Fsp3) is 0.368. The van der Waals surface area contributed by atoms with Gasteiger partial charge in [-0.15, -0.1) is 5.10 Å². The van der Waals surface area contributed by atoms with Crippen molar-refractivity contribution in [3.8, 4) is 0 Å². The lowest BCUT2D eigenvalue weighted by Gasteiger charge is -2.23. The number of carbonyl (C=O) groups is 1. The van der Waals surface area contributed by atoms with Crippen LogP contribution in [-0.2, 0) is 23.2 Å². The highest BCUT2D eigenvalue weighted by atomic mass is 16.2. The lowest BCUT2D eigenvalue weighted by molar-refractivity contribution is -0.118. The van der Waals surface area contributed by atoms with Crippen LogP contribution in [0.1, 0.15) is 36.7 Å². The second kappa shape index (κ2) is 5.79. The van der Waals surface area contributed by atoms with Crippen LogP contribution in [0.15, 0.2) is 49.1 Å². The monoisotopic (exact) mass is 348 g/mol. The number of imidazole rings is 1. The van der Waals surface area contributed by atoms with Crippen molar-refractivity contribution in [1.29, 1.82) is 0 Å². The van der Waals surface area contributed by atoms with Crippen molar-refractivity contribution in [3.05, 3.63) is 60.4 Å². The predicted octanol–water partition coefficient (Wildman–Crippen LogP) is 2.33. The second-order valence-corrected chi connectivity index (χ2v) is 7.14. The van der Waals surface area contributed by atoms with Gasteiger partial charge in [-0.25, -0.2) is 9.67 Å². The minimum atomic E-state index is -0.410. The van der Waals surface area contributed by atoms with Gasteiger partial charge in [0.25, 0.3) is 0 Å². The zero-order valence-electron chi connectivity index (χ0n) is 14.4. The summed E-state index contributed by atoms with van der Waals surface area (Å²) in [7, 11) is 0. The van der Waals surface area contributed by atoms with Crippen LogP contribution in [0.2, 0.25) is 0 Å². The predicted molar refractivity (Wildman–Crippen MR) is 95.6 cm³/mol. The Morgan fingerprint density at radius 3 is 2.81 bits per heavy atom. The van der Waals surface area contributed by atoms with E-state index in [1.54, 1.807) is 6.20 Å². The van der Waals surface area contributed by atoms with Crippen molar-refractivity contribution in [3.63, 3.8) is 0 Å². The molecule has 0 saturated heterocycles. The molecule has 3 aromatic rings. The summed E-state index contributed by atoms with van der Waals surface area (Å²) in [5.74, 6) is 1.34. The van der Waals surface area contributed by atoms with Crippen LogP contribution in [0.25, 0.3) is 0 Å². The number of fused-ring (bicyclic) bond motifs is 1. The summed E-state index contributed by atoms with van der Waals surface area (Å²) in [6.07, 6.45) is 9.20. The molecule has 0 bridgehead atoms. The molecule has 26 heavy (non-hydrogen) atoms. The molecule has 0 radical (unpaired) electrons. The van der Waals surface area contributed by atoms with E-state index in [9.17, 15) is 4.79 Å². The minimum Gasteiger partial charge on any atom is -0.333 e. The van der Waals surface area contributed by atoms with Crippen LogP contribution < -0.4 is 5.32 Å². The van der Waals surface area contributed by atoms with Gasteiger partial charge in [-0.2, -0.15) is 4.98 Å². The summed E-state index contributed by atoms with van der Waals surface area (Å²) < 4.78 is 4.02. The number of hydrogen-bond donors (Lipinski definition) is 1. The largest absolute Gasteiger partial charge is 0.333 e. The van der Waals surface area contributed by atoms with E-state index in [2.05, 4.69) is 25.0 Å². The molecule has 0 spiro atoms. The molecule has 7 nitrogen and oxygen atoms in total. The number of benzene rings is 1. The quantitative estimate of drug-likeness (QED) is 0.785. The van der Waals surface area contributed by atoms with E-state index in [0.29, 0.717) is 12.0 Å². The average Bonchev–Trinajstić information content (AvgIpc) is 3.11. The lowest BCUT2D eigenvalue weighted by Crippen LogP contribution is -2.28. The first-order chi connectivity index (χ1) is 12.7. The van der Waals surface area contributed by atoms with E-state index < -0.39 is 5.41 Å². The highest BCUT2D eigenvalue weighted by molar-refractivity contribution is 6.00. The number of nitrogens with zero attached hydrogens (tertiary/aromatic N) is 5. The summed E-state index contributed by atoms with van der Waals surface area (Å²) in [4.78, 5) is 21.5. The molecule has 132 valence electrons. The number of hydrogen-bond acceptors (Lipinski definition) is 4. The van der Waals surface area contributed by atoms with E-state index in [1.807, 2.05) is 47.5 Å². The second-order valence-electron chi connectivity index (χ2n) is 7.14. The van der Waals surface area contributed by atoms with Crippen molar-refractivity contribution in [2.24, 2.45) is 0 Å². The van der Waals surface area contributed by atoms with Crippen LogP contribution >= 0.6 is 0 Å². The van der Waals surface area contributed by atoms with Gasteiger partial charge in [-0.3, -0.25) is 10.1 Å².